The first-order valence-electron chi connectivity index (χ1n) is 9.46. The zero-order valence-electron chi connectivity index (χ0n) is 16.5. The Morgan fingerprint density at radius 1 is 1.26 bits per heavy atom. The summed E-state index contributed by atoms with van der Waals surface area (Å²) < 4.78 is 18.0. The lowest BCUT2D eigenvalue weighted by molar-refractivity contribution is -0.194. The number of rotatable bonds is 3. The van der Waals surface area contributed by atoms with E-state index in [4.69, 9.17) is 14.2 Å². The Kier molecular flexibility index (Phi) is 3.95. The summed E-state index contributed by atoms with van der Waals surface area (Å²) in [6, 6.07) is 8.95. The van der Waals surface area contributed by atoms with Gasteiger partial charge in [-0.2, -0.15) is 0 Å². The van der Waals surface area contributed by atoms with Gasteiger partial charge in [0.15, 0.2) is 5.78 Å². The topological polar surface area (TPSA) is 65.1 Å². The Bertz CT molecular complexity index is 773. The van der Waals surface area contributed by atoms with Gasteiger partial charge in [-0.25, -0.2) is 4.79 Å². The second-order valence-corrected chi connectivity index (χ2v) is 9.16. The molecule has 27 heavy (non-hydrogen) atoms. The molecule has 1 amide bonds. The SMILES string of the molecule is CC(C)(C)OC(=O)N1[C@@H]2C[C@@]3(C)O[C@@](C)([C@@H]2OCc2ccccc2)[C@@H]1C3=O. The molecule has 6 heteroatoms. The van der Waals surface area contributed by atoms with Gasteiger partial charge in [0.2, 0.25) is 0 Å². The van der Waals surface area contributed by atoms with E-state index in [1.54, 1.807) is 4.90 Å². The molecule has 4 saturated heterocycles. The van der Waals surface area contributed by atoms with Crippen molar-refractivity contribution >= 4 is 11.9 Å². The quantitative estimate of drug-likeness (QED) is 0.815. The molecule has 5 atom stereocenters. The molecule has 0 aromatic heterocycles. The van der Waals surface area contributed by atoms with Crippen molar-refractivity contribution in [1.82, 2.24) is 4.90 Å². The summed E-state index contributed by atoms with van der Waals surface area (Å²) in [5, 5.41) is 0. The molecule has 0 saturated carbocycles. The highest BCUT2D eigenvalue weighted by atomic mass is 16.6. The maximum absolute atomic E-state index is 13.0. The van der Waals surface area contributed by atoms with E-state index in [9.17, 15) is 9.59 Å². The van der Waals surface area contributed by atoms with Crippen LogP contribution in [0.1, 0.15) is 46.6 Å². The molecule has 1 aromatic rings. The molecule has 5 rings (SSSR count). The Morgan fingerprint density at radius 3 is 2.56 bits per heavy atom. The van der Waals surface area contributed by atoms with Crippen LogP contribution in [-0.4, -0.2) is 51.8 Å². The number of nitrogens with zero attached hydrogens (tertiary/aromatic N) is 1. The van der Waals surface area contributed by atoms with Crippen LogP contribution in [0.4, 0.5) is 4.79 Å². The van der Waals surface area contributed by atoms with Crippen molar-refractivity contribution in [3.05, 3.63) is 35.9 Å². The monoisotopic (exact) mass is 373 g/mol. The molecule has 1 aromatic carbocycles. The highest BCUT2D eigenvalue weighted by Crippen LogP contribution is 2.56. The van der Waals surface area contributed by atoms with Gasteiger partial charge in [0.1, 0.15) is 28.9 Å². The maximum Gasteiger partial charge on any atom is 0.411 e. The minimum absolute atomic E-state index is 0.0575. The van der Waals surface area contributed by atoms with Crippen molar-refractivity contribution in [3.63, 3.8) is 0 Å². The fraction of sp³-hybridized carbons (Fsp3) is 0.619. The van der Waals surface area contributed by atoms with Crippen LogP contribution in [0.3, 0.4) is 0 Å². The number of benzene rings is 1. The number of ether oxygens (including phenoxy) is 3. The Balaban J connectivity index is 1.62. The minimum Gasteiger partial charge on any atom is -0.444 e. The van der Waals surface area contributed by atoms with E-state index in [1.165, 1.54) is 0 Å². The van der Waals surface area contributed by atoms with Gasteiger partial charge in [0.25, 0.3) is 0 Å². The summed E-state index contributed by atoms with van der Waals surface area (Å²) in [7, 11) is 0. The third-order valence-corrected chi connectivity index (χ3v) is 5.78. The predicted molar refractivity (Wildman–Crippen MR) is 98.2 cm³/mol. The highest BCUT2D eigenvalue weighted by molar-refractivity contribution is 5.99. The number of Topliss-reactive ketones (excluding diaryl/α,β-unsaturated/α-hetero) is 1. The second kappa shape index (κ2) is 5.79. The first-order chi connectivity index (χ1) is 12.6. The fourth-order valence-electron chi connectivity index (χ4n) is 4.82. The van der Waals surface area contributed by atoms with Crippen LogP contribution < -0.4 is 0 Å². The average Bonchev–Trinajstić information content (AvgIpc) is 2.81. The highest BCUT2D eigenvalue weighted by Gasteiger charge is 2.77. The molecule has 146 valence electrons. The van der Waals surface area contributed by atoms with E-state index in [2.05, 4.69) is 0 Å². The van der Waals surface area contributed by atoms with Gasteiger partial charge in [0, 0.05) is 6.42 Å². The van der Waals surface area contributed by atoms with Crippen molar-refractivity contribution in [3.8, 4) is 0 Å². The van der Waals surface area contributed by atoms with Crippen LogP contribution in [0, 0.1) is 0 Å². The number of hydrogen-bond acceptors (Lipinski definition) is 5. The summed E-state index contributed by atoms with van der Waals surface area (Å²) in [6.07, 6.45) is -0.429. The molecule has 4 fully saturated rings. The molecule has 0 unspecified atom stereocenters. The van der Waals surface area contributed by atoms with Crippen molar-refractivity contribution in [2.24, 2.45) is 0 Å². The summed E-state index contributed by atoms with van der Waals surface area (Å²) in [5.74, 6) is -0.0575. The lowest BCUT2D eigenvalue weighted by Gasteiger charge is -2.43. The van der Waals surface area contributed by atoms with Crippen LogP contribution in [-0.2, 0) is 25.6 Å². The number of ketones is 1. The first-order valence-corrected chi connectivity index (χ1v) is 9.46. The van der Waals surface area contributed by atoms with Crippen LogP contribution in [0.15, 0.2) is 30.3 Å². The molecule has 0 N–H and O–H groups in total. The molecule has 4 aliphatic heterocycles. The van der Waals surface area contributed by atoms with Gasteiger partial charge in [0.05, 0.1) is 12.6 Å². The summed E-state index contributed by atoms with van der Waals surface area (Å²) >= 11 is 0. The van der Waals surface area contributed by atoms with Gasteiger partial charge in [-0.15, -0.1) is 0 Å². The van der Waals surface area contributed by atoms with Crippen LogP contribution >= 0.6 is 0 Å². The molecular weight excluding hydrogens is 346 g/mol. The van der Waals surface area contributed by atoms with Crippen molar-refractivity contribution in [1.29, 1.82) is 0 Å². The third-order valence-electron chi connectivity index (χ3n) is 5.78. The van der Waals surface area contributed by atoms with E-state index in [0.29, 0.717) is 13.0 Å². The van der Waals surface area contributed by atoms with Gasteiger partial charge in [-0.3, -0.25) is 9.69 Å². The lowest BCUT2D eigenvalue weighted by Crippen LogP contribution is -2.59. The largest absolute Gasteiger partial charge is 0.444 e. The van der Waals surface area contributed by atoms with Gasteiger partial charge >= 0.3 is 6.09 Å². The molecule has 4 aliphatic rings. The van der Waals surface area contributed by atoms with Crippen molar-refractivity contribution in [2.75, 3.05) is 0 Å². The molecule has 6 nitrogen and oxygen atoms in total. The number of carbonyl (C=O) groups is 2. The molecule has 0 radical (unpaired) electrons. The normalized spacial score (nSPS) is 37.1. The zero-order chi connectivity index (χ0) is 19.6. The third kappa shape index (κ3) is 2.77. The van der Waals surface area contributed by atoms with Gasteiger partial charge < -0.3 is 14.2 Å². The predicted octanol–water partition coefficient (Wildman–Crippen LogP) is 3.08. The van der Waals surface area contributed by atoms with E-state index in [1.807, 2.05) is 65.0 Å². The Morgan fingerprint density at radius 2 is 1.93 bits per heavy atom. The molecule has 0 spiro atoms. The van der Waals surface area contributed by atoms with Gasteiger partial charge in [-0.05, 0) is 40.2 Å². The van der Waals surface area contributed by atoms with E-state index >= 15 is 0 Å². The molecular formula is C21H27NO5. The maximum atomic E-state index is 13.0. The molecule has 4 bridgehead atoms. The second-order valence-electron chi connectivity index (χ2n) is 9.16. The number of piperidine rings is 1. The van der Waals surface area contributed by atoms with Crippen LogP contribution in [0.25, 0.3) is 0 Å². The number of hydrogen-bond donors (Lipinski definition) is 0. The summed E-state index contributed by atoms with van der Waals surface area (Å²) in [4.78, 5) is 27.5. The number of carbonyl (C=O) groups excluding carboxylic acids is 2. The standard InChI is InChI=1S/C21H27NO5/c1-19(2,3)26-18(24)22-14-11-20(4)16(23)15(22)21(5,27-20)17(14)25-12-13-9-7-6-8-10-13/h6-10,14-15,17H,11-12H2,1-5H3/t14-,15+,17-,20-,21-/m1/s1. The lowest BCUT2D eigenvalue weighted by atomic mass is 9.87. The van der Waals surface area contributed by atoms with E-state index < -0.39 is 28.9 Å². The average molecular weight is 373 g/mol. The minimum atomic E-state index is -0.861. The summed E-state index contributed by atoms with van der Waals surface area (Å²) in [5.41, 5.74) is -1.30. The Hall–Kier alpha value is -1.92. The fourth-order valence-corrected chi connectivity index (χ4v) is 4.82. The first kappa shape index (κ1) is 18.4. The van der Waals surface area contributed by atoms with Crippen LogP contribution in [0.5, 0.6) is 0 Å². The van der Waals surface area contributed by atoms with Gasteiger partial charge in [-0.1, -0.05) is 30.3 Å². The van der Waals surface area contributed by atoms with Crippen molar-refractivity contribution < 1.29 is 23.8 Å². The summed E-state index contributed by atoms with van der Waals surface area (Å²) in [6.45, 7) is 9.57. The zero-order valence-corrected chi connectivity index (χ0v) is 16.5. The van der Waals surface area contributed by atoms with Crippen molar-refractivity contribution in [2.45, 2.75) is 82.6 Å². The Labute approximate surface area is 159 Å². The number of amides is 1. The van der Waals surface area contributed by atoms with Crippen LogP contribution in [0.2, 0.25) is 0 Å². The van der Waals surface area contributed by atoms with E-state index in [-0.39, 0.29) is 17.9 Å². The van der Waals surface area contributed by atoms with E-state index in [0.717, 1.165) is 5.56 Å². The molecule has 4 heterocycles. The smallest absolute Gasteiger partial charge is 0.411 e. The molecule has 0 aliphatic carbocycles.